The first-order valence-corrected chi connectivity index (χ1v) is 7.08. The van der Waals surface area contributed by atoms with Gasteiger partial charge in [0.25, 0.3) is 0 Å². The van der Waals surface area contributed by atoms with E-state index in [4.69, 9.17) is 9.47 Å². The quantitative estimate of drug-likeness (QED) is 0.501. The summed E-state index contributed by atoms with van der Waals surface area (Å²) in [5, 5.41) is 42.3. The summed E-state index contributed by atoms with van der Waals surface area (Å²) < 4.78 is 10.7. The van der Waals surface area contributed by atoms with Gasteiger partial charge in [-0.2, -0.15) is 0 Å². The van der Waals surface area contributed by atoms with E-state index < -0.39 is 23.7 Å². The Morgan fingerprint density at radius 3 is 2.62 bits per heavy atom. The largest absolute Gasteiger partial charge is 0.508 e. The highest BCUT2D eigenvalue weighted by molar-refractivity contribution is 5.60. The number of rotatable bonds is 3. The summed E-state index contributed by atoms with van der Waals surface area (Å²) in [6, 6.07) is 5.19. The Balaban J connectivity index is 2.04. The van der Waals surface area contributed by atoms with Crippen molar-refractivity contribution in [1.29, 1.82) is 0 Å². The van der Waals surface area contributed by atoms with Crippen LogP contribution in [0, 0.1) is 4.91 Å². The lowest BCUT2D eigenvalue weighted by Gasteiger charge is -2.31. The Bertz CT molecular complexity index is 805. The van der Waals surface area contributed by atoms with Gasteiger partial charge in [-0.05, 0) is 17.3 Å². The number of ether oxygens (including phenoxy) is 2. The van der Waals surface area contributed by atoms with E-state index >= 15 is 0 Å². The number of hydrogen-bond donors (Lipinski definition) is 4. The molecule has 0 bridgehead atoms. The zero-order valence-corrected chi connectivity index (χ0v) is 12.6. The number of nitroso groups, excluding NO2 is 1. The summed E-state index contributed by atoms with van der Waals surface area (Å²) in [5.41, 5.74) is 0.749. The molecule has 0 saturated heterocycles. The van der Waals surface area contributed by atoms with E-state index in [9.17, 15) is 25.3 Å². The SMILES string of the molecule is COc1cc([C@H]2Oc3cc(O)cc(N=O)c3C[C@H]2O)cc(O)c1O. The van der Waals surface area contributed by atoms with Gasteiger partial charge in [0, 0.05) is 29.7 Å². The molecule has 2 aromatic carbocycles. The lowest BCUT2D eigenvalue weighted by atomic mass is 9.93. The minimum Gasteiger partial charge on any atom is -0.508 e. The number of phenolic OH excluding ortho intramolecular Hbond substituents is 3. The predicted molar refractivity (Wildman–Crippen MR) is 83.0 cm³/mol. The highest BCUT2D eigenvalue weighted by atomic mass is 16.5. The smallest absolute Gasteiger partial charge is 0.200 e. The van der Waals surface area contributed by atoms with Crippen LogP contribution in [0.2, 0.25) is 0 Å². The van der Waals surface area contributed by atoms with Gasteiger partial charge in [0.15, 0.2) is 17.6 Å². The summed E-state index contributed by atoms with van der Waals surface area (Å²) in [4.78, 5) is 10.9. The van der Waals surface area contributed by atoms with Crippen molar-refractivity contribution < 1.29 is 29.9 Å². The molecule has 0 saturated carbocycles. The second kappa shape index (κ2) is 5.89. The average Bonchev–Trinajstić information content (AvgIpc) is 2.56. The van der Waals surface area contributed by atoms with Crippen molar-refractivity contribution >= 4 is 5.69 Å². The summed E-state index contributed by atoms with van der Waals surface area (Å²) in [7, 11) is 1.33. The molecule has 2 aromatic rings. The zero-order valence-electron chi connectivity index (χ0n) is 12.6. The molecule has 0 radical (unpaired) electrons. The first-order chi connectivity index (χ1) is 11.4. The molecule has 1 aliphatic rings. The number of aliphatic hydroxyl groups excluding tert-OH is 1. The Hall–Kier alpha value is -3.00. The van der Waals surface area contributed by atoms with Gasteiger partial charge in [-0.25, -0.2) is 0 Å². The minimum atomic E-state index is -1.03. The molecule has 0 spiro atoms. The molecule has 0 aliphatic carbocycles. The fourth-order valence-corrected chi connectivity index (χ4v) is 2.76. The second-order valence-electron chi connectivity index (χ2n) is 5.43. The molecule has 24 heavy (non-hydrogen) atoms. The summed E-state index contributed by atoms with van der Waals surface area (Å²) in [5.74, 6) is -0.789. The second-order valence-corrected chi connectivity index (χ2v) is 5.43. The third-order valence-corrected chi connectivity index (χ3v) is 3.91. The van der Waals surface area contributed by atoms with Crippen molar-refractivity contribution in [2.45, 2.75) is 18.6 Å². The number of nitrogens with zero attached hydrogens (tertiary/aromatic N) is 1. The molecular weight excluding hydrogens is 318 g/mol. The van der Waals surface area contributed by atoms with Crippen LogP contribution in [-0.2, 0) is 6.42 Å². The summed E-state index contributed by atoms with van der Waals surface area (Å²) >= 11 is 0. The Kier molecular flexibility index (Phi) is 3.90. The van der Waals surface area contributed by atoms with Crippen LogP contribution in [0.3, 0.4) is 0 Å². The Morgan fingerprint density at radius 2 is 1.96 bits per heavy atom. The van der Waals surface area contributed by atoms with Gasteiger partial charge in [-0.3, -0.25) is 0 Å². The number of fused-ring (bicyclic) bond motifs is 1. The van der Waals surface area contributed by atoms with Crippen LogP contribution in [0.4, 0.5) is 5.69 Å². The first-order valence-electron chi connectivity index (χ1n) is 7.08. The van der Waals surface area contributed by atoms with E-state index in [2.05, 4.69) is 5.18 Å². The van der Waals surface area contributed by atoms with Crippen LogP contribution in [0.1, 0.15) is 17.2 Å². The summed E-state index contributed by atoms with van der Waals surface area (Å²) in [6.07, 6.45) is -1.85. The molecule has 126 valence electrons. The molecule has 2 atom stereocenters. The molecule has 8 heteroatoms. The highest BCUT2D eigenvalue weighted by Crippen LogP contribution is 2.45. The topological polar surface area (TPSA) is 129 Å². The number of benzene rings is 2. The van der Waals surface area contributed by atoms with E-state index in [0.717, 1.165) is 0 Å². The molecule has 0 unspecified atom stereocenters. The van der Waals surface area contributed by atoms with Gasteiger partial charge in [0.1, 0.15) is 17.2 Å². The highest BCUT2D eigenvalue weighted by Gasteiger charge is 2.33. The lowest BCUT2D eigenvalue weighted by Crippen LogP contribution is -2.30. The van der Waals surface area contributed by atoms with Crippen molar-refractivity contribution in [2.24, 2.45) is 5.18 Å². The van der Waals surface area contributed by atoms with Gasteiger partial charge < -0.3 is 29.9 Å². The monoisotopic (exact) mass is 333 g/mol. The number of aliphatic hydroxyl groups is 1. The van der Waals surface area contributed by atoms with Crippen LogP contribution in [0.5, 0.6) is 28.7 Å². The van der Waals surface area contributed by atoms with E-state index in [-0.39, 0.29) is 29.4 Å². The number of aromatic hydroxyl groups is 3. The van der Waals surface area contributed by atoms with E-state index in [1.165, 1.54) is 31.4 Å². The Labute approximate surface area is 136 Å². The van der Waals surface area contributed by atoms with Crippen molar-refractivity contribution in [1.82, 2.24) is 0 Å². The van der Waals surface area contributed by atoms with Gasteiger partial charge in [0.05, 0.1) is 13.2 Å². The number of methoxy groups -OCH3 is 1. The van der Waals surface area contributed by atoms with E-state index in [1.54, 1.807) is 0 Å². The van der Waals surface area contributed by atoms with Crippen molar-refractivity contribution in [2.75, 3.05) is 7.11 Å². The fraction of sp³-hybridized carbons (Fsp3) is 0.250. The lowest BCUT2D eigenvalue weighted by molar-refractivity contribution is 0.0206. The third kappa shape index (κ3) is 2.56. The van der Waals surface area contributed by atoms with Crippen LogP contribution in [0.15, 0.2) is 29.4 Å². The minimum absolute atomic E-state index is 0.00589. The van der Waals surface area contributed by atoms with Gasteiger partial charge in [-0.15, -0.1) is 4.91 Å². The molecule has 1 aliphatic heterocycles. The molecule has 4 N–H and O–H groups in total. The van der Waals surface area contributed by atoms with Gasteiger partial charge in [-0.1, -0.05) is 0 Å². The predicted octanol–water partition coefficient (Wildman–Crippen LogP) is 2.25. The van der Waals surface area contributed by atoms with Crippen molar-refractivity contribution in [3.8, 4) is 28.7 Å². The van der Waals surface area contributed by atoms with Gasteiger partial charge >= 0.3 is 0 Å². The molecular formula is C16H15NO7. The van der Waals surface area contributed by atoms with E-state index in [0.29, 0.717) is 11.1 Å². The molecule has 0 fully saturated rings. The normalized spacial score (nSPS) is 19.2. The molecule has 3 rings (SSSR count). The number of phenols is 3. The van der Waals surface area contributed by atoms with Crippen molar-refractivity contribution in [3.63, 3.8) is 0 Å². The van der Waals surface area contributed by atoms with Crippen LogP contribution < -0.4 is 9.47 Å². The number of hydrogen-bond acceptors (Lipinski definition) is 8. The third-order valence-electron chi connectivity index (χ3n) is 3.91. The van der Waals surface area contributed by atoms with Crippen LogP contribution in [-0.4, -0.2) is 33.6 Å². The maximum Gasteiger partial charge on any atom is 0.200 e. The fourth-order valence-electron chi connectivity index (χ4n) is 2.76. The Morgan fingerprint density at radius 1 is 1.21 bits per heavy atom. The maximum absolute atomic E-state index is 10.9. The molecule has 0 amide bonds. The zero-order chi connectivity index (χ0) is 17.4. The van der Waals surface area contributed by atoms with E-state index in [1.807, 2.05) is 0 Å². The maximum atomic E-state index is 10.9. The summed E-state index contributed by atoms with van der Waals surface area (Å²) in [6.45, 7) is 0. The molecule has 1 heterocycles. The van der Waals surface area contributed by atoms with Crippen LogP contribution in [0.25, 0.3) is 0 Å². The molecule has 8 nitrogen and oxygen atoms in total. The average molecular weight is 333 g/mol. The standard InChI is InChI=1S/C16H15NO7/c1-23-14-3-7(2-11(19)15(14)21)16-12(20)6-9-10(17-22)4-8(18)5-13(9)24-16/h2-5,12,16,18-21H,6H2,1H3/t12-,16-/m1/s1. The van der Waals surface area contributed by atoms with Crippen LogP contribution >= 0.6 is 0 Å². The molecule has 0 aromatic heterocycles. The first kappa shape index (κ1) is 15.9. The van der Waals surface area contributed by atoms with Crippen molar-refractivity contribution in [3.05, 3.63) is 40.3 Å². The van der Waals surface area contributed by atoms with Gasteiger partial charge in [0.2, 0.25) is 5.75 Å².